The minimum atomic E-state index is -4.44. The van der Waals surface area contributed by atoms with Crippen molar-refractivity contribution in [3.05, 3.63) is 59.9 Å². The predicted octanol–water partition coefficient (Wildman–Crippen LogP) is 3.42. The second-order valence-corrected chi connectivity index (χ2v) is 4.24. The second kappa shape index (κ2) is 6.25. The Kier molecular flexibility index (Phi) is 4.42. The number of hydrogen-bond acceptors (Lipinski definition) is 2. The van der Waals surface area contributed by atoms with E-state index in [-0.39, 0.29) is 12.2 Å². The highest BCUT2D eigenvalue weighted by atomic mass is 19.4. The maximum absolute atomic E-state index is 12.5. The van der Waals surface area contributed by atoms with E-state index in [4.69, 9.17) is 0 Å². The van der Waals surface area contributed by atoms with E-state index in [0.717, 1.165) is 17.7 Å². The zero-order valence-corrected chi connectivity index (χ0v) is 10.8. The first-order valence-electron chi connectivity index (χ1n) is 6.06. The van der Waals surface area contributed by atoms with Crippen molar-refractivity contribution in [2.45, 2.75) is 12.7 Å². The quantitative estimate of drug-likeness (QED) is 0.911. The number of amides is 2. The van der Waals surface area contributed by atoms with Crippen LogP contribution in [0.4, 0.5) is 23.7 Å². The maximum atomic E-state index is 12.5. The van der Waals surface area contributed by atoms with E-state index in [1.807, 2.05) is 0 Å². The molecule has 0 bridgehead atoms. The number of nitrogens with zero attached hydrogens (tertiary/aromatic N) is 1. The molecule has 1 aromatic heterocycles. The average molecular weight is 295 g/mol. The molecule has 0 saturated carbocycles. The monoisotopic (exact) mass is 295 g/mol. The van der Waals surface area contributed by atoms with Crippen LogP contribution in [0.15, 0.2) is 48.8 Å². The summed E-state index contributed by atoms with van der Waals surface area (Å²) >= 11 is 0. The number of carbonyl (C=O) groups excluding carboxylic acids is 1. The lowest BCUT2D eigenvalue weighted by Gasteiger charge is -2.10. The molecule has 7 heteroatoms. The summed E-state index contributed by atoms with van der Waals surface area (Å²) < 4.78 is 37.6. The molecule has 21 heavy (non-hydrogen) atoms. The predicted molar refractivity (Wildman–Crippen MR) is 71.5 cm³/mol. The molecular formula is C14H12F3N3O. The SMILES string of the molecule is O=C(NCc1ccncc1)Nc1cccc(C(F)(F)F)c1. The van der Waals surface area contributed by atoms with E-state index in [2.05, 4.69) is 15.6 Å². The molecule has 0 aliphatic carbocycles. The Morgan fingerprint density at radius 1 is 1.14 bits per heavy atom. The van der Waals surface area contributed by atoms with E-state index in [9.17, 15) is 18.0 Å². The van der Waals surface area contributed by atoms with Crippen LogP contribution in [0.1, 0.15) is 11.1 Å². The maximum Gasteiger partial charge on any atom is 0.416 e. The van der Waals surface area contributed by atoms with Gasteiger partial charge in [0, 0.05) is 24.6 Å². The highest BCUT2D eigenvalue weighted by Gasteiger charge is 2.30. The third kappa shape index (κ3) is 4.48. The summed E-state index contributed by atoms with van der Waals surface area (Å²) in [5.41, 5.74) is 0.107. The average Bonchev–Trinajstić information content (AvgIpc) is 2.46. The molecule has 0 aliphatic rings. The van der Waals surface area contributed by atoms with E-state index < -0.39 is 17.8 Å². The molecule has 0 radical (unpaired) electrons. The molecule has 2 aromatic rings. The molecule has 2 amide bonds. The Morgan fingerprint density at radius 2 is 1.86 bits per heavy atom. The van der Waals surface area contributed by atoms with Crippen molar-refractivity contribution in [2.24, 2.45) is 0 Å². The van der Waals surface area contributed by atoms with Gasteiger partial charge in [0.2, 0.25) is 0 Å². The van der Waals surface area contributed by atoms with Crippen molar-refractivity contribution in [2.75, 3.05) is 5.32 Å². The molecule has 0 fully saturated rings. The van der Waals surface area contributed by atoms with Gasteiger partial charge in [-0.1, -0.05) is 6.07 Å². The molecule has 0 aliphatic heterocycles. The fourth-order valence-corrected chi connectivity index (χ4v) is 1.63. The summed E-state index contributed by atoms with van der Waals surface area (Å²) in [6.45, 7) is 0.257. The Bertz CT molecular complexity index is 614. The van der Waals surface area contributed by atoms with E-state index >= 15 is 0 Å². The van der Waals surface area contributed by atoms with Gasteiger partial charge >= 0.3 is 12.2 Å². The molecule has 1 aromatic carbocycles. The molecular weight excluding hydrogens is 283 g/mol. The van der Waals surface area contributed by atoms with Gasteiger partial charge in [0.25, 0.3) is 0 Å². The zero-order valence-electron chi connectivity index (χ0n) is 10.8. The van der Waals surface area contributed by atoms with Gasteiger partial charge in [0.15, 0.2) is 0 Å². The highest BCUT2D eigenvalue weighted by molar-refractivity contribution is 5.89. The highest BCUT2D eigenvalue weighted by Crippen LogP contribution is 2.30. The van der Waals surface area contributed by atoms with E-state index in [1.165, 1.54) is 12.1 Å². The molecule has 2 rings (SSSR count). The molecule has 4 nitrogen and oxygen atoms in total. The summed E-state index contributed by atoms with van der Waals surface area (Å²) in [5.74, 6) is 0. The summed E-state index contributed by atoms with van der Waals surface area (Å²) in [6, 6.07) is 7.33. The Labute approximate surface area is 119 Å². The van der Waals surface area contributed by atoms with Crippen molar-refractivity contribution < 1.29 is 18.0 Å². The molecule has 2 N–H and O–H groups in total. The minimum absolute atomic E-state index is 0.0806. The first kappa shape index (κ1) is 14.8. The van der Waals surface area contributed by atoms with Crippen LogP contribution < -0.4 is 10.6 Å². The van der Waals surface area contributed by atoms with Crippen molar-refractivity contribution in [1.29, 1.82) is 0 Å². The van der Waals surface area contributed by atoms with Crippen LogP contribution in [0, 0.1) is 0 Å². The van der Waals surface area contributed by atoms with Gasteiger partial charge in [-0.3, -0.25) is 4.98 Å². The second-order valence-electron chi connectivity index (χ2n) is 4.24. The van der Waals surface area contributed by atoms with Crippen LogP contribution in [-0.2, 0) is 12.7 Å². The molecule has 110 valence electrons. The topological polar surface area (TPSA) is 54.0 Å². The van der Waals surface area contributed by atoms with Crippen LogP contribution in [0.3, 0.4) is 0 Å². The van der Waals surface area contributed by atoms with Crippen molar-refractivity contribution >= 4 is 11.7 Å². The lowest BCUT2D eigenvalue weighted by Crippen LogP contribution is -2.28. The first-order valence-corrected chi connectivity index (χ1v) is 6.06. The fraction of sp³-hybridized carbons (Fsp3) is 0.143. The van der Waals surface area contributed by atoms with Crippen molar-refractivity contribution in [3.8, 4) is 0 Å². The molecule has 0 spiro atoms. The number of carbonyl (C=O) groups is 1. The van der Waals surface area contributed by atoms with Crippen molar-refractivity contribution in [3.63, 3.8) is 0 Å². The molecule has 0 atom stereocenters. The number of aromatic nitrogens is 1. The van der Waals surface area contributed by atoms with Crippen LogP contribution in [0.5, 0.6) is 0 Å². The smallest absolute Gasteiger partial charge is 0.334 e. The number of halogens is 3. The number of rotatable bonds is 3. The summed E-state index contributed by atoms with van der Waals surface area (Å²) in [4.78, 5) is 15.5. The van der Waals surface area contributed by atoms with Crippen LogP contribution >= 0.6 is 0 Å². The van der Waals surface area contributed by atoms with Gasteiger partial charge < -0.3 is 10.6 Å². The summed E-state index contributed by atoms with van der Waals surface area (Å²) in [7, 11) is 0. The lowest BCUT2D eigenvalue weighted by atomic mass is 10.2. The van der Waals surface area contributed by atoms with Gasteiger partial charge in [0.05, 0.1) is 5.56 Å². The Morgan fingerprint density at radius 3 is 2.52 bits per heavy atom. The van der Waals surface area contributed by atoms with E-state index in [1.54, 1.807) is 24.5 Å². The number of nitrogens with one attached hydrogen (secondary N) is 2. The van der Waals surface area contributed by atoms with E-state index in [0.29, 0.717) is 0 Å². The largest absolute Gasteiger partial charge is 0.416 e. The molecule has 0 unspecified atom stereocenters. The number of urea groups is 1. The molecule has 1 heterocycles. The van der Waals surface area contributed by atoms with Crippen LogP contribution in [0.25, 0.3) is 0 Å². The minimum Gasteiger partial charge on any atom is -0.334 e. The number of hydrogen-bond donors (Lipinski definition) is 2. The lowest BCUT2D eigenvalue weighted by molar-refractivity contribution is -0.137. The van der Waals surface area contributed by atoms with Gasteiger partial charge in [-0.2, -0.15) is 13.2 Å². The third-order valence-corrected chi connectivity index (χ3v) is 2.65. The fourth-order valence-electron chi connectivity index (χ4n) is 1.63. The summed E-state index contributed by atoms with van der Waals surface area (Å²) in [5, 5.41) is 4.91. The summed E-state index contributed by atoms with van der Waals surface area (Å²) in [6.07, 6.45) is -1.27. The standard InChI is InChI=1S/C14H12F3N3O/c15-14(16,17)11-2-1-3-12(8-11)20-13(21)19-9-10-4-6-18-7-5-10/h1-8H,9H2,(H2,19,20,21). The Hall–Kier alpha value is -2.57. The molecule has 0 saturated heterocycles. The van der Waals surface area contributed by atoms with Gasteiger partial charge in [-0.05, 0) is 35.9 Å². The van der Waals surface area contributed by atoms with Gasteiger partial charge in [-0.25, -0.2) is 4.79 Å². The number of alkyl halides is 3. The third-order valence-electron chi connectivity index (χ3n) is 2.65. The van der Waals surface area contributed by atoms with Gasteiger partial charge in [-0.15, -0.1) is 0 Å². The zero-order chi connectivity index (χ0) is 15.3. The van der Waals surface area contributed by atoms with Crippen LogP contribution in [-0.4, -0.2) is 11.0 Å². The number of benzene rings is 1. The first-order chi connectivity index (χ1) is 9.95. The van der Waals surface area contributed by atoms with Crippen molar-refractivity contribution in [1.82, 2.24) is 10.3 Å². The number of anilines is 1. The Balaban J connectivity index is 1.94. The van der Waals surface area contributed by atoms with Gasteiger partial charge in [0.1, 0.15) is 0 Å². The van der Waals surface area contributed by atoms with Crippen LogP contribution in [0.2, 0.25) is 0 Å². The normalized spacial score (nSPS) is 11.0. The number of pyridine rings is 1.